The van der Waals surface area contributed by atoms with Gasteiger partial charge >= 0.3 is 12.1 Å². The van der Waals surface area contributed by atoms with Gasteiger partial charge < -0.3 is 19.4 Å². The van der Waals surface area contributed by atoms with Crippen LogP contribution in [0.5, 0.6) is 0 Å². The van der Waals surface area contributed by atoms with Gasteiger partial charge in [-0.25, -0.2) is 9.36 Å². The maximum Gasteiger partial charge on any atom is 0.407 e. The number of imidazole rings is 1. The maximum atomic E-state index is 13.5. The van der Waals surface area contributed by atoms with Crippen LogP contribution in [0.15, 0.2) is 36.7 Å². The van der Waals surface area contributed by atoms with Crippen molar-refractivity contribution in [2.24, 2.45) is 13.0 Å². The van der Waals surface area contributed by atoms with Gasteiger partial charge in [0.15, 0.2) is 5.78 Å². The Morgan fingerprint density at radius 2 is 1.97 bits per heavy atom. The van der Waals surface area contributed by atoms with E-state index >= 15 is 0 Å². The quantitative estimate of drug-likeness (QED) is 0.400. The molecule has 3 aromatic rings. The Kier molecular flexibility index (Phi) is 7.19. The number of rotatable bonds is 7. The average Bonchev–Trinajstić information content (AvgIpc) is 3.30. The van der Waals surface area contributed by atoms with E-state index in [1.807, 2.05) is 53.7 Å². The van der Waals surface area contributed by atoms with E-state index in [2.05, 4.69) is 16.0 Å². The van der Waals surface area contributed by atoms with Crippen molar-refractivity contribution in [2.75, 3.05) is 6.54 Å². The molecule has 1 unspecified atom stereocenters. The number of carbonyl (C=O) groups is 3. The first-order valence-corrected chi connectivity index (χ1v) is 12.3. The van der Waals surface area contributed by atoms with E-state index in [9.17, 15) is 14.4 Å². The lowest BCUT2D eigenvalue weighted by Gasteiger charge is -2.21. The van der Waals surface area contributed by atoms with Crippen LogP contribution in [-0.4, -0.2) is 39.1 Å². The van der Waals surface area contributed by atoms with Gasteiger partial charge in [0.05, 0.1) is 12.3 Å². The second kappa shape index (κ2) is 10.2. The van der Waals surface area contributed by atoms with Crippen molar-refractivity contribution in [2.45, 2.75) is 65.8 Å². The number of alkyl carbamates (subject to hydrolysis) is 1. The summed E-state index contributed by atoms with van der Waals surface area (Å²) in [4.78, 5) is 37.2. The van der Waals surface area contributed by atoms with Crippen molar-refractivity contribution in [3.63, 3.8) is 0 Å². The Labute approximate surface area is 211 Å². The van der Waals surface area contributed by atoms with E-state index in [1.165, 1.54) is 0 Å². The number of hydrogen-bond donors (Lipinski definition) is 1. The molecule has 0 aliphatic heterocycles. The van der Waals surface area contributed by atoms with Crippen molar-refractivity contribution in [3.05, 3.63) is 53.7 Å². The predicted octanol–water partition coefficient (Wildman–Crippen LogP) is 3.44. The number of amides is 1. The number of nitrogens with one attached hydrogen (secondary N) is 1. The van der Waals surface area contributed by atoms with Gasteiger partial charge in [0.25, 0.3) is 5.82 Å². The molecule has 2 heterocycles. The summed E-state index contributed by atoms with van der Waals surface area (Å²) in [5, 5.41) is 3.57. The highest BCUT2D eigenvalue weighted by Gasteiger charge is 2.34. The molecule has 1 atom stereocenters. The summed E-state index contributed by atoms with van der Waals surface area (Å²) >= 11 is 0. The topological polar surface area (TPSA) is 95.4 Å². The molecule has 9 nitrogen and oxygen atoms in total. The van der Waals surface area contributed by atoms with Crippen molar-refractivity contribution >= 4 is 28.7 Å². The number of aryl methyl sites for hydroxylation is 1. The second-order valence-electron chi connectivity index (χ2n) is 10.3. The predicted molar refractivity (Wildman–Crippen MR) is 133 cm³/mol. The minimum Gasteiger partial charge on any atom is -0.444 e. The summed E-state index contributed by atoms with van der Waals surface area (Å²) in [6, 6.07) is 8.07. The van der Waals surface area contributed by atoms with Crippen LogP contribution in [0.2, 0.25) is 0 Å². The zero-order chi connectivity index (χ0) is 26.0. The molecular weight excluding hydrogens is 460 g/mol. The van der Waals surface area contributed by atoms with Crippen LogP contribution in [0.25, 0.3) is 10.9 Å². The Bertz CT molecular complexity index is 1300. The number of aromatic nitrogens is 3. The van der Waals surface area contributed by atoms with Crippen molar-refractivity contribution in [1.82, 2.24) is 14.5 Å². The lowest BCUT2D eigenvalue weighted by molar-refractivity contribution is -0.732. The molecule has 1 aromatic carbocycles. The van der Waals surface area contributed by atoms with Gasteiger partial charge in [0, 0.05) is 42.7 Å². The molecule has 1 N–H and O–H groups in total. The number of ether oxygens (including phenoxy) is 2. The maximum absolute atomic E-state index is 13.5. The molecule has 4 rings (SSSR count). The van der Waals surface area contributed by atoms with Crippen LogP contribution in [0.4, 0.5) is 4.79 Å². The van der Waals surface area contributed by atoms with Crippen LogP contribution in [0.3, 0.4) is 0 Å². The van der Waals surface area contributed by atoms with Gasteiger partial charge in [-0.15, -0.1) is 0 Å². The van der Waals surface area contributed by atoms with E-state index in [0.29, 0.717) is 6.54 Å². The number of carbonyl (C=O) groups excluding carboxylic acids is 3. The Morgan fingerprint density at radius 3 is 2.72 bits per heavy atom. The van der Waals surface area contributed by atoms with Gasteiger partial charge in [0.2, 0.25) is 6.73 Å². The number of ketones is 1. The SMILES string of the molecule is Cc1n(CC2CCc3c(c4ccccc4n3C)C2=O)cc[n+]1COC(=O)CCNC(=O)OC(C)(C)C. The lowest BCUT2D eigenvalue weighted by Crippen LogP contribution is -2.39. The highest BCUT2D eigenvalue weighted by molar-refractivity contribution is 6.11. The fraction of sp³-hybridized carbons (Fsp3) is 0.481. The fourth-order valence-electron chi connectivity index (χ4n) is 4.74. The number of hydrogen-bond acceptors (Lipinski definition) is 5. The number of esters is 1. The monoisotopic (exact) mass is 495 g/mol. The molecule has 0 fully saturated rings. The van der Waals surface area contributed by atoms with E-state index in [-0.39, 0.29) is 31.4 Å². The summed E-state index contributed by atoms with van der Waals surface area (Å²) in [5.41, 5.74) is 2.47. The van der Waals surface area contributed by atoms with Crippen LogP contribution in [0, 0.1) is 12.8 Å². The largest absolute Gasteiger partial charge is 0.444 e. The molecule has 9 heteroatoms. The molecule has 0 bridgehead atoms. The van der Waals surface area contributed by atoms with Gasteiger partial charge in [-0.05, 0) is 39.7 Å². The van der Waals surface area contributed by atoms with Crippen LogP contribution >= 0.6 is 0 Å². The summed E-state index contributed by atoms with van der Waals surface area (Å²) in [6.07, 6.45) is 4.91. The summed E-state index contributed by atoms with van der Waals surface area (Å²) in [5.74, 6) is 0.559. The van der Waals surface area contributed by atoms with Crippen LogP contribution in [-0.2, 0) is 41.0 Å². The third-order valence-corrected chi connectivity index (χ3v) is 6.61. The first-order chi connectivity index (χ1) is 17.0. The zero-order valence-electron chi connectivity index (χ0n) is 21.7. The minimum absolute atomic E-state index is 0.0451. The molecule has 0 saturated carbocycles. The van der Waals surface area contributed by atoms with Gasteiger partial charge in [-0.2, -0.15) is 4.57 Å². The van der Waals surface area contributed by atoms with Gasteiger partial charge in [0.1, 0.15) is 24.5 Å². The molecule has 1 amide bonds. The summed E-state index contributed by atoms with van der Waals surface area (Å²) in [7, 11) is 2.03. The molecule has 0 saturated heterocycles. The van der Waals surface area contributed by atoms with Crippen molar-refractivity contribution in [1.29, 1.82) is 0 Å². The Balaban J connectivity index is 1.32. The summed E-state index contributed by atoms with van der Waals surface area (Å²) < 4.78 is 16.5. The third kappa shape index (κ3) is 5.45. The van der Waals surface area contributed by atoms with E-state index in [4.69, 9.17) is 9.47 Å². The van der Waals surface area contributed by atoms with Crippen molar-refractivity contribution in [3.8, 4) is 0 Å². The number of benzene rings is 1. The molecule has 0 radical (unpaired) electrons. The van der Waals surface area contributed by atoms with Crippen molar-refractivity contribution < 1.29 is 28.4 Å². The standard InChI is InChI=1S/C27H34N4O5/c1-18-30(14-15-31(18)17-35-23(32)12-13-28-26(34)36-27(2,3)4)16-19-10-11-22-24(25(19)33)20-8-6-7-9-21(20)29(22)5/h6-9,14-15,19H,10-13,16-17H2,1-5H3/p+1. The molecule has 1 aliphatic carbocycles. The number of Topliss-reactive ketones (excluding diaryl/α,β-unsaturated/α-hetero) is 1. The molecule has 0 spiro atoms. The number of para-hydroxylation sites is 1. The van der Waals surface area contributed by atoms with E-state index in [1.54, 1.807) is 20.8 Å². The zero-order valence-corrected chi connectivity index (χ0v) is 21.7. The minimum atomic E-state index is -0.592. The fourth-order valence-corrected chi connectivity index (χ4v) is 4.74. The average molecular weight is 496 g/mol. The molecule has 1 aliphatic rings. The van der Waals surface area contributed by atoms with Gasteiger partial charge in [-0.1, -0.05) is 18.2 Å². The second-order valence-corrected chi connectivity index (χ2v) is 10.3. The van der Waals surface area contributed by atoms with E-state index in [0.717, 1.165) is 40.8 Å². The van der Waals surface area contributed by atoms with Crippen LogP contribution < -0.4 is 9.88 Å². The molecular formula is C27H35N4O5+. The highest BCUT2D eigenvalue weighted by atomic mass is 16.6. The Hall–Kier alpha value is -3.62. The summed E-state index contributed by atoms with van der Waals surface area (Å²) in [6.45, 7) is 8.05. The molecule has 36 heavy (non-hydrogen) atoms. The molecule has 192 valence electrons. The Morgan fingerprint density at radius 1 is 1.22 bits per heavy atom. The van der Waals surface area contributed by atoms with Gasteiger partial charge in [-0.3, -0.25) is 9.59 Å². The first-order valence-electron chi connectivity index (χ1n) is 12.3. The first kappa shape index (κ1) is 25.5. The smallest absolute Gasteiger partial charge is 0.407 e. The van der Waals surface area contributed by atoms with E-state index < -0.39 is 17.7 Å². The highest BCUT2D eigenvalue weighted by Crippen LogP contribution is 2.34. The lowest BCUT2D eigenvalue weighted by atomic mass is 9.85. The third-order valence-electron chi connectivity index (χ3n) is 6.61. The number of fused-ring (bicyclic) bond motifs is 3. The normalized spacial score (nSPS) is 15.6. The number of nitrogens with zero attached hydrogens (tertiary/aromatic N) is 3. The molecule has 2 aromatic heterocycles. The van der Waals surface area contributed by atoms with Crippen LogP contribution in [0.1, 0.15) is 55.5 Å².